The predicted molar refractivity (Wildman–Crippen MR) is 519 cm³/mol. The van der Waals surface area contributed by atoms with Gasteiger partial charge in [-0.15, -0.1) is 34.0 Å². The molecule has 0 atom stereocenters. The maximum absolute atomic E-state index is 2.37. The maximum atomic E-state index is 2.37. The van der Waals surface area contributed by atoms with E-state index in [1.54, 1.807) is 0 Å². The van der Waals surface area contributed by atoms with Crippen LogP contribution < -0.4 is 19.6 Å². The molecule has 0 saturated carbocycles. The van der Waals surface area contributed by atoms with Gasteiger partial charge in [0.1, 0.15) is 0 Å². The van der Waals surface area contributed by atoms with Crippen molar-refractivity contribution in [1.82, 2.24) is 0 Å². The topological polar surface area (TPSA) is 13.0 Å². The van der Waals surface area contributed by atoms with Crippen LogP contribution in [0, 0.1) is 0 Å². The summed E-state index contributed by atoms with van der Waals surface area (Å²) in [4.78, 5) is 16.9. The molecule has 0 aliphatic rings. The fourth-order valence-electron chi connectivity index (χ4n) is 16.1. The van der Waals surface area contributed by atoms with Crippen LogP contribution in [0.25, 0.3) is 118 Å². The van der Waals surface area contributed by atoms with Gasteiger partial charge < -0.3 is 19.6 Å². The van der Waals surface area contributed by atoms with E-state index in [2.05, 4.69) is 505 Å². The van der Waals surface area contributed by atoms with Gasteiger partial charge in [-0.1, -0.05) is 303 Å². The van der Waals surface area contributed by atoms with E-state index in [-0.39, 0.29) is 0 Å². The number of thiophene rings is 3. The van der Waals surface area contributed by atoms with Crippen LogP contribution in [0.5, 0.6) is 0 Å². The summed E-state index contributed by atoms with van der Waals surface area (Å²) in [5.74, 6) is 0. The van der Waals surface area contributed by atoms with Crippen LogP contribution >= 0.6 is 34.0 Å². The summed E-state index contributed by atoms with van der Waals surface area (Å²) in [6.07, 6.45) is 0. The largest absolute Gasteiger partial charge is 0.311 e. The summed E-state index contributed by atoms with van der Waals surface area (Å²) >= 11 is 5.48. The van der Waals surface area contributed by atoms with E-state index in [0.29, 0.717) is 0 Å². The van der Waals surface area contributed by atoms with Crippen LogP contribution in [0.1, 0.15) is 0 Å². The van der Waals surface area contributed by atoms with Gasteiger partial charge in [0.25, 0.3) is 0 Å². The summed E-state index contributed by atoms with van der Waals surface area (Å²) in [6.45, 7) is 0. The fraction of sp³-hybridized carbons (Fsp3) is 0. The van der Waals surface area contributed by atoms with E-state index in [9.17, 15) is 0 Å². The smallest absolute Gasteiger partial charge is 0.0462 e. The molecule has 0 saturated heterocycles. The van der Waals surface area contributed by atoms with Crippen molar-refractivity contribution in [3.8, 4) is 118 Å². The zero-order chi connectivity index (χ0) is 80.6. The molecule has 0 aliphatic carbocycles. The molecular weight excluding hydrogens is 1520 g/mol. The van der Waals surface area contributed by atoms with Crippen molar-refractivity contribution >= 4 is 102 Å². The van der Waals surface area contributed by atoms with Crippen molar-refractivity contribution in [2.45, 2.75) is 0 Å². The summed E-state index contributed by atoms with van der Waals surface area (Å²) in [7, 11) is 0. The second-order valence-corrected chi connectivity index (χ2v) is 33.3. The van der Waals surface area contributed by atoms with E-state index < -0.39 is 0 Å². The molecule has 0 bridgehead atoms. The third-order valence-electron chi connectivity index (χ3n) is 22.5. The van der Waals surface area contributed by atoms with Crippen LogP contribution in [0.15, 0.2) is 485 Å². The maximum Gasteiger partial charge on any atom is 0.0462 e. The van der Waals surface area contributed by atoms with E-state index in [1.807, 2.05) is 34.0 Å². The van der Waals surface area contributed by atoms with Crippen LogP contribution in [-0.2, 0) is 0 Å². The molecule has 0 N–H and O–H groups in total. The molecule has 4 nitrogen and oxygen atoms in total. The van der Waals surface area contributed by atoms with Gasteiger partial charge in [0, 0.05) is 97.5 Å². The predicted octanol–water partition coefficient (Wildman–Crippen LogP) is 34.1. The Labute approximate surface area is 719 Å². The minimum Gasteiger partial charge on any atom is -0.311 e. The lowest BCUT2D eigenvalue weighted by molar-refractivity contribution is 1.28. The van der Waals surface area contributed by atoms with Gasteiger partial charge in [-0.3, -0.25) is 0 Å². The van der Waals surface area contributed by atoms with Gasteiger partial charge in [-0.2, -0.15) is 0 Å². The van der Waals surface area contributed by atoms with Crippen LogP contribution in [0.3, 0.4) is 0 Å². The van der Waals surface area contributed by atoms with Crippen molar-refractivity contribution in [2.24, 2.45) is 0 Å². The lowest BCUT2D eigenvalue weighted by Gasteiger charge is -2.26. The van der Waals surface area contributed by atoms with Crippen molar-refractivity contribution in [3.63, 3.8) is 0 Å². The third kappa shape index (κ3) is 16.2. The van der Waals surface area contributed by atoms with Crippen molar-refractivity contribution in [3.05, 3.63) is 485 Å². The second-order valence-electron chi connectivity index (χ2n) is 30.0. The highest BCUT2D eigenvalue weighted by molar-refractivity contribution is 7.19. The first-order chi connectivity index (χ1) is 59.9. The van der Waals surface area contributed by atoms with E-state index in [1.165, 1.54) is 62.6 Å². The highest BCUT2D eigenvalue weighted by Crippen LogP contribution is 2.46. The second kappa shape index (κ2) is 34.3. The Morgan fingerprint density at radius 2 is 0.198 bits per heavy atom. The van der Waals surface area contributed by atoms with Gasteiger partial charge in [-0.05, 0) is 271 Å². The fourth-order valence-corrected chi connectivity index (χ4v) is 19.2. The van der Waals surface area contributed by atoms with Gasteiger partial charge in [0.15, 0.2) is 0 Å². The average molecular weight is 1600 g/mol. The molecule has 20 rings (SSSR count). The molecule has 0 amide bonds. The quantitative estimate of drug-likeness (QED) is 0.0633. The lowest BCUT2D eigenvalue weighted by Crippen LogP contribution is -2.10. The summed E-state index contributed by atoms with van der Waals surface area (Å²) < 4.78 is 0. The Balaban J connectivity index is 0.559. The molecule has 0 unspecified atom stereocenters. The molecule has 574 valence electrons. The molecular formula is C114H80N4S3. The molecule has 20 aromatic rings. The molecule has 7 heteroatoms. The summed E-state index contributed by atoms with van der Waals surface area (Å²) in [6, 6.07) is 176. The normalized spacial score (nSPS) is 11.1. The van der Waals surface area contributed by atoms with Gasteiger partial charge in [-0.25, -0.2) is 0 Å². The molecule has 17 aromatic carbocycles. The molecule has 0 fully saturated rings. The van der Waals surface area contributed by atoms with Crippen LogP contribution in [0.4, 0.5) is 68.2 Å². The Bertz CT molecular complexity index is 6510. The molecule has 3 heterocycles. The number of benzene rings is 17. The van der Waals surface area contributed by atoms with E-state index in [0.717, 1.165) is 124 Å². The Kier molecular flexibility index (Phi) is 21.2. The van der Waals surface area contributed by atoms with E-state index >= 15 is 0 Å². The summed E-state index contributed by atoms with van der Waals surface area (Å²) in [5, 5.41) is 0. The third-order valence-corrected chi connectivity index (χ3v) is 26.0. The number of hydrogen-bond acceptors (Lipinski definition) is 7. The molecule has 0 radical (unpaired) electrons. The lowest BCUT2D eigenvalue weighted by atomic mass is 9.99. The molecule has 121 heavy (non-hydrogen) atoms. The minimum atomic E-state index is 1.05. The monoisotopic (exact) mass is 1600 g/mol. The minimum absolute atomic E-state index is 1.05. The highest BCUT2D eigenvalue weighted by Gasteiger charge is 2.21. The van der Waals surface area contributed by atoms with Crippen LogP contribution in [0.2, 0.25) is 0 Å². The SMILES string of the molecule is c1ccc(-c2ccc(-c3ccc(N(c4ccccc4)c4ccc(-c5ccc(-c6ccc(N(c7ccc(-c8ccc(-c9ccc(N(c%10ccccc%10)c%10ccc(-c%11ccc(-c%12ccccc%12)s%11)cc%10)cc9)cc8)cc7)c7ccc(-c8ccc(N(c9ccccc9)c9ccc(-c%10ccc(-c%11ccccc%11)s%10)cc9)cc8)cc7)cc6)cc5)cc4)cc3)s2)cc1. The van der Waals surface area contributed by atoms with Gasteiger partial charge in [0.2, 0.25) is 0 Å². The standard InChI is InChI=1S/C114H80N4S3/c1-7-19-91(20-8-1)109-75-78-112(119-109)94-51-69-106(70-52-94)115(97-25-13-4-14-26-97)100-57-39-85(40-58-100)81-31-35-83(36-32-81)87-43-63-103(64-44-87)118(105-67-49-90(50-68-105)89-47-61-102(62-48-89)117(99-29-17-6-18-30-99)108-73-55-96(56-74-108)114-80-77-111(121-114)93-23-11-3-12-24-93)104-65-45-88(46-66-104)84-37-33-82(34-38-84)86-41-59-101(60-42-86)116(98-27-15-5-16-28-98)107-71-53-95(54-72-107)113-79-76-110(120-113)92-21-9-2-10-22-92/h1-80H. The number of anilines is 12. The number of para-hydroxylation sites is 3. The number of rotatable bonds is 23. The first-order valence-electron chi connectivity index (χ1n) is 40.9. The molecule has 3 aromatic heterocycles. The average Bonchev–Trinajstić information content (AvgIpc) is 1.64. The Morgan fingerprint density at radius 1 is 0.0909 bits per heavy atom. The number of nitrogens with zero attached hydrogens (tertiary/aromatic N) is 4. The zero-order valence-electron chi connectivity index (χ0n) is 66.2. The zero-order valence-corrected chi connectivity index (χ0v) is 68.7. The van der Waals surface area contributed by atoms with Crippen LogP contribution in [-0.4, -0.2) is 0 Å². The van der Waals surface area contributed by atoms with Gasteiger partial charge >= 0.3 is 0 Å². The highest BCUT2D eigenvalue weighted by atomic mass is 32.1. The van der Waals surface area contributed by atoms with Crippen molar-refractivity contribution < 1.29 is 0 Å². The molecule has 0 aliphatic heterocycles. The van der Waals surface area contributed by atoms with Crippen molar-refractivity contribution in [1.29, 1.82) is 0 Å². The van der Waals surface area contributed by atoms with Crippen molar-refractivity contribution in [2.75, 3.05) is 19.6 Å². The summed E-state index contributed by atoms with van der Waals surface area (Å²) in [5.41, 5.74) is 31.8. The van der Waals surface area contributed by atoms with Gasteiger partial charge in [0.05, 0.1) is 0 Å². The number of hydrogen-bond donors (Lipinski definition) is 0. The first kappa shape index (κ1) is 74.8. The Hall–Kier alpha value is -15.0. The van der Waals surface area contributed by atoms with E-state index in [4.69, 9.17) is 0 Å². The molecule has 0 spiro atoms. The Morgan fingerprint density at radius 3 is 0.347 bits per heavy atom. The first-order valence-corrected chi connectivity index (χ1v) is 43.3.